The van der Waals surface area contributed by atoms with Crippen LogP contribution in [-0.4, -0.2) is 36.8 Å². The summed E-state index contributed by atoms with van der Waals surface area (Å²) in [6, 6.07) is 8.89. The highest BCUT2D eigenvalue weighted by Crippen LogP contribution is 2.39. The first kappa shape index (κ1) is 23.1. The van der Waals surface area contributed by atoms with Crippen molar-refractivity contribution in [2.45, 2.75) is 26.3 Å². The molecule has 5 nitrogen and oxygen atoms in total. The Labute approximate surface area is 172 Å². The summed E-state index contributed by atoms with van der Waals surface area (Å²) in [5, 5.41) is 29.5. The molecule has 30 heavy (non-hydrogen) atoms. The average molecular weight is 418 g/mol. The molecule has 158 valence electrons. The lowest BCUT2D eigenvalue weighted by molar-refractivity contribution is -0.274. The maximum absolute atomic E-state index is 12.4. The molecule has 1 atom stereocenters. The molecule has 0 aromatic heterocycles. The summed E-state index contributed by atoms with van der Waals surface area (Å²) in [6.45, 7) is 3.20. The number of hydrogen-bond acceptors (Lipinski definition) is 5. The monoisotopic (exact) mass is 418 g/mol. The molecule has 0 amide bonds. The fourth-order valence-electron chi connectivity index (χ4n) is 3.21. The van der Waals surface area contributed by atoms with Crippen LogP contribution in [0, 0.1) is 30.1 Å². The van der Waals surface area contributed by atoms with E-state index in [0.717, 1.165) is 0 Å². The third kappa shape index (κ3) is 5.24. The lowest BCUT2D eigenvalue weighted by Gasteiger charge is -2.27. The van der Waals surface area contributed by atoms with Gasteiger partial charge in [-0.25, -0.2) is 0 Å². The Hall–Kier alpha value is -3.20. The second-order valence-corrected chi connectivity index (χ2v) is 6.52. The van der Waals surface area contributed by atoms with Crippen LogP contribution < -0.4 is 9.64 Å². The molecule has 0 saturated heterocycles. The lowest BCUT2D eigenvalue weighted by atomic mass is 9.90. The van der Waals surface area contributed by atoms with Crippen LogP contribution >= 0.6 is 0 Å². The van der Waals surface area contributed by atoms with Gasteiger partial charge in [-0.2, -0.15) is 5.26 Å². The first-order valence-corrected chi connectivity index (χ1v) is 8.96. The standard InChI is InChI=1S/C22H21F3N2O3/c1-4-5-10-27(3)21-14(2)18(11-16(12-26)20(21)19(29)13-28)15-6-8-17(9-7-15)30-22(23,24)25/h6-9,11,19,28-29H,10,13H2,1-3H3. The van der Waals surface area contributed by atoms with Crippen LogP contribution in [0.15, 0.2) is 30.3 Å². The van der Waals surface area contributed by atoms with Gasteiger partial charge in [0.2, 0.25) is 0 Å². The SMILES string of the molecule is CC#CCN(C)c1c(C)c(-c2ccc(OC(F)(F)F)cc2)cc(C#N)c1C(O)CO. The van der Waals surface area contributed by atoms with E-state index < -0.39 is 19.1 Å². The average Bonchev–Trinajstić information content (AvgIpc) is 2.70. The summed E-state index contributed by atoms with van der Waals surface area (Å²) in [6.07, 6.45) is -6.06. The summed E-state index contributed by atoms with van der Waals surface area (Å²) in [7, 11) is 1.74. The van der Waals surface area contributed by atoms with Crippen molar-refractivity contribution in [3.63, 3.8) is 0 Å². The van der Waals surface area contributed by atoms with Crippen LogP contribution in [0.25, 0.3) is 11.1 Å². The number of ether oxygens (including phenoxy) is 1. The van der Waals surface area contributed by atoms with Gasteiger partial charge in [-0.3, -0.25) is 0 Å². The number of hydrogen-bond donors (Lipinski definition) is 2. The molecule has 0 bridgehead atoms. The van der Waals surface area contributed by atoms with Gasteiger partial charge in [0.05, 0.1) is 24.8 Å². The number of aliphatic hydroxyl groups excluding tert-OH is 2. The summed E-state index contributed by atoms with van der Waals surface area (Å²) >= 11 is 0. The highest BCUT2D eigenvalue weighted by molar-refractivity contribution is 5.80. The largest absolute Gasteiger partial charge is 0.573 e. The predicted molar refractivity (Wildman–Crippen MR) is 107 cm³/mol. The number of halogens is 3. The van der Waals surface area contributed by atoms with Crippen molar-refractivity contribution >= 4 is 5.69 Å². The van der Waals surface area contributed by atoms with Crippen molar-refractivity contribution in [3.8, 4) is 34.8 Å². The molecule has 8 heteroatoms. The Morgan fingerprint density at radius 3 is 2.37 bits per heavy atom. The molecule has 1 unspecified atom stereocenters. The number of benzene rings is 2. The van der Waals surface area contributed by atoms with Gasteiger partial charge in [0.15, 0.2) is 0 Å². The van der Waals surface area contributed by atoms with Crippen molar-refractivity contribution in [1.29, 1.82) is 5.26 Å². The quantitative estimate of drug-likeness (QED) is 0.696. The predicted octanol–water partition coefficient (Wildman–Crippen LogP) is 3.92. The van der Waals surface area contributed by atoms with E-state index in [4.69, 9.17) is 0 Å². The Morgan fingerprint density at radius 2 is 1.87 bits per heavy atom. The molecule has 0 fully saturated rings. The van der Waals surface area contributed by atoms with Crippen molar-refractivity contribution in [1.82, 2.24) is 0 Å². The molecule has 0 aliphatic carbocycles. The number of rotatable bonds is 6. The number of aliphatic hydroxyl groups is 2. The number of alkyl halides is 3. The van der Waals surface area contributed by atoms with E-state index in [0.29, 0.717) is 28.9 Å². The van der Waals surface area contributed by atoms with Crippen LogP contribution in [0.1, 0.15) is 29.7 Å². The second-order valence-electron chi connectivity index (χ2n) is 6.52. The molecular formula is C22H21F3N2O3. The van der Waals surface area contributed by atoms with E-state index in [2.05, 4.69) is 16.6 Å². The van der Waals surface area contributed by atoms with Crippen molar-refractivity contribution < 1.29 is 28.1 Å². The highest BCUT2D eigenvalue weighted by atomic mass is 19.4. The van der Waals surface area contributed by atoms with Gasteiger partial charge in [0, 0.05) is 18.3 Å². The van der Waals surface area contributed by atoms with Crippen LogP contribution in [-0.2, 0) is 0 Å². The van der Waals surface area contributed by atoms with E-state index in [9.17, 15) is 28.6 Å². The van der Waals surface area contributed by atoms with E-state index in [1.165, 1.54) is 24.3 Å². The van der Waals surface area contributed by atoms with Gasteiger partial charge in [0.25, 0.3) is 0 Å². The Kier molecular flexibility index (Phi) is 7.33. The van der Waals surface area contributed by atoms with Gasteiger partial charge >= 0.3 is 6.36 Å². The minimum absolute atomic E-state index is 0.152. The summed E-state index contributed by atoms with van der Waals surface area (Å²) in [5.41, 5.74) is 2.81. The smallest absolute Gasteiger partial charge is 0.406 e. The van der Waals surface area contributed by atoms with Crippen molar-refractivity contribution in [2.24, 2.45) is 0 Å². The number of nitrogens with zero attached hydrogens (tertiary/aromatic N) is 2. The molecule has 0 heterocycles. The topological polar surface area (TPSA) is 76.7 Å². The third-order valence-electron chi connectivity index (χ3n) is 4.49. The highest BCUT2D eigenvalue weighted by Gasteiger charge is 2.31. The minimum atomic E-state index is -4.79. The molecule has 0 spiro atoms. The molecule has 2 aromatic carbocycles. The Morgan fingerprint density at radius 1 is 1.23 bits per heavy atom. The van der Waals surface area contributed by atoms with Gasteiger partial charge < -0.3 is 19.8 Å². The second kappa shape index (κ2) is 9.53. The molecular weight excluding hydrogens is 397 g/mol. The van der Waals surface area contributed by atoms with Crippen molar-refractivity contribution in [3.05, 3.63) is 47.0 Å². The molecule has 0 aliphatic heterocycles. The van der Waals surface area contributed by atoms with Gasteiger partial charge in [-0.05, 0) is 48.7 Å². The van der Waals surface area contributed by atoms with E-state index in [-0.39, 0.29) is 16.9 Å². The fourth-order valence-corrected chi connectivity index (χ4v) is 3.21. The normalized spacial score (nSPS) is 11.8. The molecule has 2 rings (SSSR count). The summed E-state index contributed by atoms with van der Waals surface area (Å²) in [5.74, 6) is 5.33. The molecule has 2 N–H and O–H groups in total. The van der Waals surface area contributed by atoms with E-state index in [1.54, 1.807) is 31.9 Å². The third-order valence-corrected chi connectivity index (χ3v) is 4.49. The lowest BCUT2D eigenvalue weighted by Crippen LogP contribution is -2.23. The van der Waals surface area contributed by atoms with Crippen molar-refractivity contribution in [2.75, 3.05) is 25.1 Å². The molecule has 2 aromatic rings. The number of anilines is 1. The fraction of sp³-hybridized carbons (Fsp3) is 0.318. The zero-order valence-corrected chi connectivity index (χ0v) is 16.7. The van der Waals surface area contributed by atoms with Crippen LogP contribution in [0.5, 0.6) is 5.75 Å². The van der Waals surface area contributed by atoms with Crippen LogP contribution in [0.2, 0.25) is 0 Å². The zero-order chi connectivity index (χ0) is 22.5. The maximum atomic E-state index is 12.4. The van der Waals surface area contributed by atoms with E-state index >= 15 is 0 Å². The van der Waals surface area contributed by atoms with Crippen LogP contribution in [0.3, 0.4) is 0 Å². The molecule has 0 saturated carbocycles. The summed E-state index contributed by atoms with van der Waals surface area (Å²) in [4.78, 5) is 1.76. The maximum Gasteiger partial charge on any atom is 0.573 e. The van der Waals surface area contributed by atoms with Gasteiger partial charge in [0.1, 0.15) is 11.9 Å². The zero-order valence-electron chi connectivity index (χ0n) is 16.7. The minimum Gasteiger partial charge on any atom is -0.406 e. The Bertz CT molecular complexity index is 1000. The van der Waals surface area contributed by atoms with Gasteiger partial charge in [-0.15, -0.1) is 19.1 Å². The molecule has 0 radical (unpaired) electrons. The number of nitriles is 1. The Balaban J connectivity index is 2.66. The van der Waals surface area contributed by atoms with E-state index in [1.807, 2.05) is 6.07 Å². The van der Waals surface area contributed by atoms with Gasteiger partial charge in [-0.1, -0.05) is 18.1 Å². The van der Waals surface area contributed by atoms with Crippen LogP contribution in [0.4, 0.5) is 18.9 Å². The molecule has 0 aliphatic rings. The summed E-state index contributed by atoms with van der Waals surface area (Å²) < 4.78 is 41.1. The first-order valence-electron chi connectivity index (χ1n) is 8.96. The first-order chi connectivity index (χ1) is 14.1.